The molecular formula is C23H33NO3. The molecule has 0 aliphatic rings. The average molecular weight is 372 g/mol. The largest absolute Gasteiger partial charge is 0.490 e. The fourth-order valence-electron chi connectivity index (χ4n) is 2.77. The van der Waals surface area contributed by atoms with Gasteiger partial charge >= 0.3 is 0 Å². The van der Waals surface area contributed by atoms with Crippen molar-refractivity contribution in [2.45, 2.75) is 46.1 Å². The predicted molar refractivity (Wildman–Crippen MR) is 111 cm³/mol. The van der Waals surface area contributed by atoms with Crippen LogP contribution in [0.5, 0.6) is 17.2 Å². The van der Waals surface area contributed by atoms with Crippen molar-refractivity contribution in [1.29, 1.82) is 0 Å². The van der Waals surface area contributed by atoms with Gasteiger partial charge in [0, 0.05) is 6.54 Å². The molecular weight excluding hydrogens is 338 g/mol. The molecule has 2 rings (SSSR count). The Morgan fingerprint density at radius 2 is 1.56 bits per heavy atom. The molecule has 0 radical (unpaired) electrons. The lowest BCUT2D eigenvalue weighted by Crippen LogP contribution is -2.15. The van der Waals surface area contributed by atoms with Crippen molar-refractivity contribution in [1.82, 2.24) is 5.32 Å². The molecule has 1 N–H and O–H groups in total. The minimum atomic E-state index is 0.191. The van der Waals surface area contributed by atoms with Crippen LogP contribution in [0.15, 0.2) is 42.5 Å². The third-order valence-electron chi connectivity index (χ3n) is 4.82. The van der Waals surface area contributed by atoms with E-state index in [1.54, 1.807) is 0 Å². The molecule has 27 heavy (non-hydrogen) atoms. The van der Waals surface area contributed by atoms with E-state index in [2.05, 4.69) is 38.2 Å². The van der Waals surface area contributed by atoms with E-state index in [9.17, 15) is 0 Å². The smallest absolute Gasteiger partial charge is 0.161 e. The highest BCUT2D eigenvalue weighted by Crippen LogP contribution is 2.29. The Morgan fingerprint density at radius 1 is 0.852 bits per heavy atom. The molecule has 0 unspecified atom stereocenters. The van der Waals surface area contributed by atoms with E-state index in [1.807, 2.05) is 44.3 Å². The molecule has 148 valence electrons. The van der Waals surface area contributed by atoms with E-state index in [0.717, 1.165) is 30.2 Å². The summed E-state index contributed by atoms with van der Waals surface area (Å²) >= 11 is 0. The average Bonchev–Trinajstić information content (AvgIpc) is 2.67. The van der Waals surface area contributed by atoms with Gasteiger partial charge in [0.2, 0.25) is 0 Å². The number of hydrogen-bond acceptors (Lipinski definition) is 4. The molecule has 0 aromatic heterocycles. The van der Waals surface area contributed by atoms with Crippen molar-refractivity contribution < 1.29 is 14.2 Å². The zero-order valence-electron chi connectivity index (χ0n) is 17.3. The lowest BCUT2D eigenvalue weighted by molar-refractivity contribution is 0.208. The maximum atomic E-state index is 5.87. The summed E-state index contributed by atoms with van der Waals surface area (Å²) in [6.45, 7) is 11.1. The molecule has 0 spiro atoms. The van der Waals surface area contributed by atoms with Crippen molar-refractivity contribution in [3.63, 3.8) is 0 Å². The van der Waals surface area contributed by atoms with Crippen LogP contribution in [-0.2, 0) is 12.0 Å². The van der Waals surface area contributed by atoms with Crippen LogP contribution in [0.25, 0.3) is 0 Å². The molecule has 0 amide bonds. The monoisotopic (exact) mass is 371 g/mol. The third-order valence-corrected chi connectivity index (χ3v) is 4.82. The highest BCUT2D eigenvalue weighted by atomic mass is 16.5. The van der Waals surface area contributed by atoms with Crippen LogP contribution < -0.4 is 19.5 Å². The Hall–Kier alpha value is -2.20. The third kappa shape index (κ3) is 6.17. The summed E-state index contributed by atoms with van der Waals surface area (Å²) in [5.41, 5.74) is 2.69. The summed E-state index contributed by atoms with van der Waals surface area (Å²) in [7, 11) is 1.93. The first kappa shape index (κ1) is 21.1. The number of hydrogen-bond donors (Lipinski definition) is 1. The highest BCUT2D eigenvalue weighted by Gasteiger charge is 2.17. The molecule has 2 aromatic rings. The van der Waals surface area contributed by atoms with Gasteiger partial charge in [-0.15, -0.1) is 0 Å². The standard InChI is InChI=1S/C23H33NO3/c1-6-23(3,4)19-9-11-20(12-10-19)26-14-15-27-21-13-8-18(17-24-5)16-22(21)25-7-2/h8-13,16,24H,6-7,14-15,17H2,1-5H3. The minimum Gasteiger partial charge on any atom is -0.490 e. The first-order valence-electron chi connectivity index (χ1n) is 9.76. The molecule has 0 bridgehead atoms. The molecule has 2 aromatic carbocycles. The Labute approximate surface area is 163 Å². The molecule has 0 aliphatic carbocycles. The van der Waals surface area contributed by atoms with Gasteiger partial charge in [-0.2, -0.15) is 0 Å². The summed E-state index contributed by atoms with van der Waals surface area (Å²) in [6, 6.07) is 14.4. The zero-order chi connectivity index (χ0) is 19.7. The van der Waals surface area contributed by atoms with Crippen molar-refractivity contribution in [2.75, 3.05) is 26.9 Å². The maximum absolute atomic E-state index is 5.87. The van der Waals surface area contributed by atoms with E-state index < -0.39 is 0 Å². The van der Waals surface area contributed by atoms with Crippen LogP contribution in [0.4, 0.5) is 0 Å². The van der Waals surface area contributed by atoms with Gasteiger partial charge in [0.05, 0.1) is 6.61 Å². The van der Waals surface area contributed by atoms with Gasteiger partial charge in [-0.05, 0) is 61.2 Å². The second-order valence-corrected chi connectivity index (χ2v) is 7.20. The normalized spacial score (nSPS) is 11.3. The molecule has 0 aliphatic heterocycles. The molecule has 4 nitrogen and oxygen atoms in total. The molecule has 0 heterocycles. The number of rotatable bonds is 11. The molecule has 0 saturated carbocycles. The Balaban J connectivity index is 1.87. The van der Waals surface area contributed by atoms with Crippen molar-refractivity contribution in [2.24, 2.45) is 0 Å². The lowest BCUT2D eigenvalue weighted by atomic mass is 9.82. The Morgan fingerprint density at radius 3 is 2.19 bits per heavy atom. The van der Waals surface area contributed by atoms with E-state index in [0.29, 0.717) is 19.8 Å². The topological polar surface area (TPSA) is 39.7 Å². The second kappa shape index (κ2) is 10.2. The summed E-state index contributed by atoms with van der Waals surface area (Å²) in [6.07, 6.45) is 1.11. The van der Waals surface area contributed by atoms with Crippen LogP contribution in [0.3, 0.4) is 0 Å². The highest BCUT2D eigenvalue weighted by molar-refractivity contribution is 5.43. The van der Waals surface area contributed by atoms with Crippen LogP contribution >= 0.6 is 0 Å². The van der Waals surface area contributed by atoms with Crippen molar-refractivity contribution in [3.8, 4) is 17.2 Å². The summed E-state index contributed by atoms with van der Waals surface area (Å²) in [5.74, 6) is 2.39. The van der Waals surface area contributed by atoms with Crippen LogP contribution in [0.1, 0.15) is 45.2 Å². The maximum Gasteiger partial charge on any atom is 0.161 e. The predicted octanol–water partition coefficient (Wildman–Crippen LogP) is 4.95. The number of ether oxygens (including phenoxy) is 3. The Bertz CT molecular complexity index is 695. The molecule has 0 saturated heterocycles. The fourth-order valence-corrected chi connectivity index (χ4v) is 2.77. The van der Waals surface area contributed by atoms with Gasteiger partial charge in [-0.25, -0.2) is 0 Å². The molecule has 0 fully saturated rings. The second-order valence-electron chi connectivity index (χ2n) is 7.20. The van der Waals surface area contributed by atoms with Gasteiger partial charge in [-0.3, -0.25) is 0 Å². The first-order valence-corrected chi connectivity index (χ1v) is 9.76. The van der Waals surface area contributed by atoms with E-state index in [4.69, 9.17) is 14.2 Å². The summed E-state index contributed by atoms with van der Waals surface area (Å²) < 4.78 is 17.4. The lowest BCUT2D eigenvalue weighted by Gasteiger charge is -2.23. The van der Waals surface area contributed by atoms with Gasteiger partial charge in [-0.1, -0.05) is 39.0 Å². The summed E-state index contributed by atoms with van der Waals surface area (Å²) in [4.78, 5) is 0. The minimum absolute atomic E-state index is 0.191. The zero-order valence-corrected chi connectivity index (χ0v) is 17.3. The summed E-state index contributed by atoms with van der Waals surface area (Å²) in [5, 5.41) is 3.14. The van der Waals surface area contributed by atoms with Crippen LogP contribution in [0.2, 0.25) is 0 Å². The fraction of sp³-hybridized carbons (Fsp3) is 0.478. The molecule has 4 heteroatoms. The first-order chi connectivity index (χ1) is 13.0. The molecule has 0 atom stereocenters. The van der Waals surface area contributed by atoms with Crippen LogP contribution in [0, 0.1) is 0 Å². The van der Waals surface area contributed by atoms with Crippen molar-refractivity contribution >= 4 is 0 Å². The van der Waals surface area contributed by atoms with Crippen molar-refractivity contribution in [3.05, 3.63) is 53.6 Å². The van der Waals surface area contributed by atoms with Gasteiger partial charge in [0.1, 0.15) is 19.0 Å². The Kier molecular flexibility index (Phi) is 7.99. The van der Waals surface area contributed by atoms with Gasteiger partial charge < -0.3 is 19.5 Å². The van der Waals surface area contributed by atoms with E-state index in [1.165, 1.54) is 11.1 Å². The quantitative estimate of drug-likeness (QED) is 0.567. The van der Waals surface area contributed by atoms with Gasteiger partial charge in [0.15, 0.2) is 11.5 Å². The van der Waals surface area contributed by atoms with Gasteiger partial charge in [0.25, 0.3) is 0 Å². The number of benzene rings is 2. The van der Waals surface area contributed by atoms with E-state index >= 15 is 0 Å². The van der Waals surface area contributed by atoms with Crippen LogP contribution in [-0.4, -0.2) is 26.9 Å². The number of nitrogens with one attached hydrogen (secondary N) is 1. The van der Waals surface area contributed by atoms with E-state index in [-0.39, 0.29) is 5.41 Å². The SMILES string of the molecule is CCOc1cc(CNC)ccc1OCCOc1ccc(C(C)(C)CC)cc1.